The van der Waals surface area contributed by atoms with Crippen molar-refractivity contribution in [3.63, 3.8) is 0 Å². The first-order valence-corrected chi connectivity index (χ1v) is 6.72. The summed E-state index contributed by atoms with van der Waals surface area (Å²) in [5, 5.41) is 12.9. The summed E-state index contributed by atoms with van der Waals surface area (Å²) in [6.45, 7) is 4.82. The maximum Gasteiger partial charge on any atom is 0.219 e. The Morgan fingerprint density at radius 1 is 1.40 bits per heavy atom. The van der Waals surface area contributed by atoms with Crippen LogP contribution in [0.5, 0.6) is 0 Å². The molecule has 5 heteroatoms. The molecule has 1 rings (SSSR count). The molecule has 0 bridgehead atoms. The highest BCUT2D eigenvalue weighted by molar-refractivity contribution is 5.74. The fraction of sp³-hybridized carbons (Fsp3) is 0.533. The van der Waals surface area contributed by atoms with E-state index in [1.54, 1.807) is 0 Å². The number of ether oxygens (including phenoxy) is 1. The van der Waals surface area contributed by atoms with Crippen LogP contribution in [0.3, 0.4) is 0 Å². The van der Waals surface area contributed by atoms with E-state index in [0.29, 0.717) is 13.2 Å². The molecule has 1 atom stereocenters. The molecule has 0 fully saturated rings. The predicted molar refractivity (Wildman–Crippen MR) is 78.0 cm³/mol. The summed E-state index contributed by atoms with van der Waals surface area (Å²) < 4.78 is 5.45. The van der Waals surface area contributed by atoms with Gasteiger partial charge in [0.2, 0.25) is 5.91 Å². The number of carbonyl (C=O) groups is 1. The van der Waals surface area contributed by atoms with Crippen molar-refractivity contribution in [2.45, 2.75) is 38.5 Å². The molecule has 0 heterocycles. The Balaban J connectivity index is 2.20. The number of nitrogens with two attached hydrogens (primary N) is 1. The standard InChI is InChI=1S/C15H24N2O3/c1-15(2,8-14(16)19)17-9-13(18)11-20-10-12-6-4-3-5-7-12/h3-7,13,17-18H,8-11H2,1-2H3,(H2,16,19). The van der Waals surface area contributed by atoms with Gasteiger partial charge in [-0.25, -0.2) is 0 Å². The fourth-order valence-corrected chi connectivity index (χ4v) is 1.84. The van der Waals surface area contributed by atoms with Gasteiger partial charge >= 0.3 is 0 Å². The van der Waals surface area contributed by atoms with Gasteiger partial charge in [0, 0.05) is 18.5 Å². The normalized spacial score (nSPS) is 13.2. The van der Waals surface area contributed by atoms with E-state index in [2.05, 4.69) is 5.32 Å². The third-order valence-electron chi connectivity index (χ3n) is 2.85. The number of aliphatic hydroxyl groups is 1. The first-order valence-electron chi connectivity index (χ1n) is 6.72. The predicted octanol–water partition coefficient (Wildman–Crippen LogP) is 0.808. The van der Waals surface area contributed by atoms with Crippen LogP contribution >= 0.6 is 0 Å². The number of hydrogen-bond acceptors (Lipinski definition) is 4. The van der Waals surface area contributed by atoms with Gasteiger partial charge in [0.1, 0.15) is 0 Å². The molecule has 112 valence electrons. The molecule has 4 N–H and O–H groups in total. The van der Waals surface area contributed by atoms with Gasteiger partial charge in [-0.15, -0.1) is 0 Å². The number of benzene rings is 1. The number of aliphatic hydroxyl groups excluding tert-OH is 1. The monoisotopic (exact) mass is 280 g/mol. The Bertz CT molecular complexity index is 407. The summed E-state index contributed by atoms with van der Waals surface area (Å²) >= 11 is 0. The van der Waals surface area contributed by atoms with E-state index in [4.69, 9.17) is 10.5 Å². The Kier molecular flexibility index (Phi) is 6.64. The van der Waals surface area contributed by atoms with Crippen molar-refractivity contribution in [3.8, 4) is 0 Å². The van der Waals surface area contributed by atoms with E-state index in [1.165, 1.54) is 0 Å². The third kappa shape index (κ3) is 7.23. The molecule has 0 saturated heterocycles. The van der Waals surface area contributed by atoms with E-state index in [9.17, 15) is 9.90 Å². The Morgan fingerprint density at radius 3 is 2.65 bits per heavy atom. The molecule has 0 aliphatic carbocycles. The van der Waals surface area contributed by atoms with Crippen LogP contribution in [0.15, 0.2) is 30.3 Å². The maximum absolute atomic E-state index is 10.9. The highest BCUT2D eigenvalue weighted by Crippen LogP contribution is 2.07. The van der Waals surface area contributed by atoms with Gasteiger partial charge in [-0.05, 0) is 19.4 Å². The summed E-state index contributed by atoms with van der Waals surface area (Å²) in [4.78, 5) is 10.9. The lowest BCUT2D eigenvalue weighted by Crippen LogP contribution is -2.46. The SMILES string of the molecule is CC(C)(CC(N)=O)NCC(O)COCc1ccccc1. The van der Waals surface area contributed by atoms with Crippen molar-refractivity contribution in [3.05, 3.63) is 35.9 Å². The lowest BCUT2D eigenvalue weighted by Gasteiger charge is -2.26. The molecular weight excluding hydrogens is 256 g/mol. The number of carbonyl (C=O) groups excluding carboxylic acids is 1. The maximum atomic E-state index is 10.9. The number of primary amides is 1. The van der Waals surface area contributed by atoms with Gasteiger partial charge in [-0.1, -0.05) is 30.3 Å². The molecule has 5 nitrogen and oxygen atoms in total. The minimum Gasteiger partial charge on any atom is -0.389 e. The molecule has 1 aromatic rings. The van der Waals surface area contributed by atoms with Crippen LogP contribution < -0.4 is 11.1 Å². The molecule has 0 aromatic heterocycles. The van der Waals surface area contributed by atoms with Crippen LogP contribution in [-0.2, 0) is 16.1 Å². The average Bonchev–Trinajstić information content (AvgIpc) is 2.36. The van der Waals surface area contributed by atoms with E-state index in [-0.39, 0.29) is 18.9 Å². The van der Waals surface area contributed by atoms with Crippen molar-refractivity contribution in [2.24, 2.45) is 5.73 Å². The molecule has 0 saturated carbocycles. The molecule has 20 heavy (non-hydrogen) atoms. The molecule has 0 aliphatic heterocycles. The molecule has 0 spiro atoms. The quantitative estimate of drug-likeness (QED) is 0.625. The molecule has 1 unspecified atom stereocenters. The van der Waals surface area contributed by atoms with Crippen molar-refractivity contribution in [2.75, 3.05) is 13.2 Å². The molecule has 1 amide bonds. The van der Waals surface area contributed by atoms with Gasteiger partial charge in [0.25, 0.3) is 0 Å². The highest BCUT2D eigenvalue weighted by Gasteiger charge is 2.20. The number of nitrogens with one attached hydrogen (secondary N) is 1. The second kappa shape index (κ2) is 7.99. The molecule has 0 aliphatic rings. The Labute approximate surface area is 120 Å². The number of β-amino-alcohol motifs (C(OH)–C–C–N with tert-alkyl or cyclic N) is 1. The number of hydrogen-bond donors (Lipinski definition) is 3. The lowest BCUT2D eigenvalue weighted by atomic mass is 10.0. The summed E-state index contributed by atoms with van der Waals surface area (Å²) in [7, 11) is 0. The molecule has 0 radical (unpaired) electrons. The van der Waals surface area contributed by atoms with Crippen LogP contribution in [0.25, 0.3) is 0 Å². The zero-order chi connectivity index (χ0) is 15.0. The van der Waals surface area contributed by atoms with Crippen LogP contribution in [0.4, 0.5) is 0 Å². The van der Waals surface area contributed by atoms with E-state index in [1.807, 2.05) is 44.2 Å². The largest absolute Gasteiger partial charge is 0.389 e. The summed E-state index contributed by atoms with van der Waals surface area (Å²) in [5.74, 6) is -0.364. The van der Waals surface area contributed by atoms with E-state index < -0.39 is 11.6 Å². The second-order valence-corrected chi connectivity index (χ2v) is 5.56. The van der Waals surface area contributed by atoms with Gasteiger partial charge in [0.05, 0.1) is 19.3 Å². The lowest BCUT2D eigenvalue weighted by molar-refractivity contribution is -0.119. The van der Waals surface area contributed by atoms with Gasteiger partial charge < -0.3 is 20.9 Å². The van der Waals surface area contributed by atoms with Gasteiger partial charge in [-0.3, -0.25) is 4.79 Å². The van der Waals surface area contributed by atoms with Crippen molar-refractivity contribution in [1.29, 1.82) is 0 Å². The van der Waals surface area contributed by atoms with Crippen LogP contribution in [0.2, 0.25) is 0 Å². The first kappa shape index (κ1) is 16.6. The number of rotatable bonds is 9. The van der Waals surface area contributed by atoms with Crippen molar-refractivity contribution >= 4 is 5.91 Å². The molecule has 1 aromatic carbocycles. The second-order valence-electron chi connectivity index (χ2n) is 5.56. The molecular formula is C15H24N2O3. The van der Waals surface area contributed by atoms with Crippen LogP contribution in [-0.4, -0.2) is 35.8 Å². The minimum atomic E-state index is -0.620. The zero-order valence-electron chi connectivity index (χ0n) is 12.1. The van der Waals surface area contributed by atoms with Crippen LogP contribution in [0, 0.1) is 0 Å². The Hall–Kier alpha value is -1.43. The minimum absolute atomic E-state index is 0.227. The Morgan fingerprint density at radius 2 is 2.05 bits per heavy atom. The van der Waals surface area contributed by atoms with Gasteiger partial charge in [-0.2, -0.15) is 0 Å². The number of amides is 1. The summed E-state index contributed by atoms with van der Waals surface area (Å²) in [6.07, 6.45) is -0.393. The fourth-order valence-electron chi connectivity index (χ4n) is 1.84. The average molecular weight is 280 g/mol. The van der Waals surface area contributed by atoms with Crippen molar-refractivity contribution in [1.82, 2.24) is 5.32 Å². The zero-order valence-corrected chi connectivity index (χ0v) is 12.1. The van der Waals surface area contributed by atoms with Crippen molar-refractivity contribution < 1.29 is 14.6 Å². The topological polar surface area (TPSA) is 84.6 Å². The highest BCUT2D eigenvalue weighted by atomic mass is 16.5. The first-order chi connectivity index (χ1) is 9.39. The van der Waals surface area contributed by atoms with E-state index in [0.717, 1.165) is 5.56 Å². The summed E-state index contributed by atoms with van der Waals surface area (Å²) in [6, 6.07) is 9.79. The smallest absolute Gasteiger partial charge is 0.219 e. The van der Waals surface area contributed by atoms with Gasteiger partial charge in [0.15, 0.2) is 0 Å². The van der Waals surface area contributed by atoms with Crippen LogP contribution in [0.1, 0.15) is 25.8 Å². The summed E-state index contributed by atoms with van der Waals surface area (Å²) in [5.41, 5.74) is 5.81. The van der Waals surface area contributed by atoms with E-state index >= 15 is 0 Å². The third-order valence-corrected chi connectivity index (χ3v) is 2.85.